The summed E-state index contributed by atoms with van der Waals surface area (Å²) in [6, 6.07) is 7.84. The van der Waals surface area contributed by atoms with E-state index in [9.17, 15) is 24.3 Å². The van der Waals surface area contributed by atoms with Crippen LogP contribution in [0.25, 0.3) is 0 Å². The number of hydrogen-bond acceptors (Lipinski definition) is 9. The summed E-state index contributed by atoms with van der Waals surface area (Å²) in [5.41, 5.74) is -0.588. The molecular formula is C36H48N4O8. The van der Waals surface area contributed by atoms with Crippen molar-refractivity contribution in [1.82, 2.24) is 19.6 Å². The summed E-state index contributed by atoms with van der Waals surface area (Å²) >= 11 is 0. The number of likely N-dealkylation sites (tertiary alicyclic amines) is 1. The molecule has 12 heteroatoms. The molecule has 5 aliphatic rings. The van der Waals surface area contributed by atoms with Crippen molar-refractivity contribution in [2.75, 3.05) is 66.1 Å². The number of allylic oxidation sites excluding steroid dienone is 1. The van der Waals surface area contributed by atoms with Crippen LogP contribution in [0, 0.1) is 11.8 Å². The second kappa shape index (κ2) is 14.9. The smallest absolute Gasteiger partial charge is 0.313 e. The summed E-state index contributed by atoms with van der Waals surface area (Å²) < 4.78 is 18.4. The number of likely N-dealkylation sites (N-methyl/N-ethyl adjacent to an activating group) is 1. The number of ether oxygens (including phenoxy) is 3. The van der Waals surface area contributed by atoms with Gasteiger partial charge in [-0.3, -0.25) is 24.1 Å². The molecule has 260 valence electrons. The molecule has 0 aliphatic carbocycles. The van der Waals surface area contributed by atoms with Crippen molar-refractivity contribution in [2.45, 2.75) is 62.5 Å². The van der Waals surface area contributed by atoms with Crippen LogP contribution in [0.1, 0.15) is 44.3 Å². The lowest BCUT2D eigenvalue weighted by Crippen LogP contribution is -2.57. The SMILES string of the molecule is C[C@@H]1[C@@H](c2ccccc2)OC(=O)[C@@H]2[C@@H]3C=C[C@]4(O3)[C@H](C(=O)N(CCN3CCOCC3)C/C=C\CCC(=O)N1C)N(CCCCO)C(=O)[C@@H]24. The summed E-state index contributed by atoms with van der Waals surface area (Å²) in [5.74, 6) is -3.15. The van der Waals surface area contributed by atoms with Crippen LogP contribution in [-0.2, 0) is 33.4 Å². The molecule has 5 aliphatic heterocycles. The molecule has 3 saturated heterocycles. The van der Waals surface area contributed by atoms with Crippen molar-refractivity contribution in [3.8, 4) is 0 Å². The van der Waals surface area contributed by atoms with E-state index < -0.39 is 47.7 Å². The average molecular weight is 665 g/mol. The van der Waals surface area contributed by atoms with Crippen LogP contribution in [0.2, 0.25) is 0 Å². The molecule has 1 aromatic carbocycles. The average Bonchev–Trinajstić information content (AvgIpc) is 3.75. The third-order valence-corrected chi connectivity index (χ3v) is 10.6. The molecular weight excluding hydrogens is 616 g/mol. The Bertz CT molecular complexity index is 1400. The number of amides is 3. The van der Waals surface area contributed by atoms with Gasteiger partial charge in [0.2, 0.25) is 17.7 Å². The topological polar surface area (TPSA) is 129 Å². The number of aliphatic hydroxyl groups excluding tert-OH is 1. The van der Waals surface area contributed by atoms with Gasteiger partial charge in [0, 0.05) is 59.3 Å². The highest BCUT2D eigenvalue weighted by Crippen LogP contribution is 2.56. The van der Waals surface area contributed by atoms with E-state index in [1.807, 2.05) is 55.5 Å². The summed E-state index contributed by atoms with van der Waals surface area (Å²) in [5, 5.41) is 9.52. The molecule has 5 bridgehead atoms. The molecule has 3 amide bonds. The maximum atomic E-state index is 14.8. The second-order valence-electron chi connectivity index (χ2n) is 13.4. The first-order valence-corrected chi connectivity index (χ1v) is 17.3. The van der Waals surface area contributed by atoms with E-state index in [2.05, 4.69) is 4.90 Å². The number of benzene rings is 1. The number of carbonyl (C=O) groups is 4. The number of hydrogen-bond donors (Lipinski definition) is 1. The van der Waals surface area contributed by atoms with Crippen LogP contribution >= 0.6 is 0 Å². The first-order valence-electron chi connectivity index (χ1n) is 17.3. The Kier molecular flexibility index (Phi) is 10.6. The molecule has 0 aromatic heterocycles. The number of nitrogens with zero attached hydrogens (tertiary/aromatic N) is 4. The molecule has 7 atom stereocenters. The van der Waals surface area contributed by atoms with Gasteiger partial charge in [0.25, 0.3) is 0 Å². The quantitative estimate of drug-likeness (QED) is 0.250. The number of carbonyl (C=O) groups excluding carboxylic acids is 4. The van der Waals surface area contributed by atoms with Gasteiger partial charge in [0.05, 0.1) is 31.3 Å². The van der Waals surface area contributed by atoms with E-state index in [4.69, 9.17) is 14.2 Å². The van der Waals surface area contributed by atoms with Gasteiger partial charge >= 0.3 is 5.97 Å². The highest BCUT2D eigenvalue weighted by Gasteiger charge is 2.73. The third kappa shape index (κ3) is 6.55. The van der Waals surface area contributed by atoms with Crippen molar-refractivity contribution >= 4 is 23.7 Å². The predicted octanol–water partition coefficient (Wildman–Crippen LogP) is 1.55. The van der Waals surface area contributed by atoms with Crippen molar-refractivity contribution in [3.05, 3.63) is 60.2 Å². The van der Waals surface area contributed by atoms with Crippen LogP contribution in [0.3, 0.4) is 0 Å². The van der Waals surface area contributed by atoms with Gasteiger partial charge in [-0.05, 0) is 31.7 Å². The molecule has 1 aromatic rings. The fourth-order valence-electron chi connectivity index (χ4n) is 7.83. The maximum Gasteiger partial charge on any atom is 0.313 e. The third-order valence-electron chi connectivity index (χ3n) is 10.6. The zero-order chi connectivity index (χ0) is 33.8. The number of rotatable bonds is 8. The predicted molar refractivity (Wildman–Crippen MR) is 175 cm³/mol. The molecule has 5 heterocycles. The van der Waals surface area contributed by atoms with Crippen LogP contribution in [-0.4, -0.2) is 138 Å². The summed E-state index contributed by atoms with van der Waals surface area (Å²) in [4.78, 5) is 64.0. The number of cyclic esters (lactones) is 1. The monoisotopic (exact) mass is 664 g/mol. The van der Waals surface area contributed by atoms with Crippen LogP contribution < -0.4 is 0 Å². The fraction of sp³-hybridized carbons (Fsp3) is 0.611. The number of fused-ring (bicyclic) bond motifs is 2. The number of aliphatic hydroxyl groups is 1. The number of esters is 1. The molecule has 0 saturated carbocycles. The zero-order valence-corrected chi connectivity index (χ0v) is 27.9. The van der Waals surface area contributed by atoms with E-state index in [0.29, 0.717) is 52.1 Å². The summed E-state index contributed by atoms with van der Waals surface area (Å²) in [7, 11) is 1.72. The highest BCUT2D eigenvalue weighted by atomic mass is 16.6. The maximum absolute atomic E-state index is 14.8. The van der Waals surface area contributed by atoms with Crippen LogP contribution in [0.5, 0.6) is 0 Å². The minimum absolute atomic E-state index is 0.0326. The Morgan fingerprint density at radius 3 is 2.48 bits per heavy atom. The fourth-order valence-corrected chi connectivity index (χ4v) is 7.83. The molecule has 1 N–H and O–H groups in total. The lowest BCUT2D eigenvalue weighted by molar-refractivity contribution is -0.164. The van der Waals surface area contributed by atoms with Crippen molar-refractivity contribution < 1.29 is 38.5 Å². The van der Waals surface area contributed by atoms with Crippen molar-refractivity contribution in [2.24, 2.45) is 11.8 Å². The Labute approximate surface area is 282 Å². The number of unbranched alkanes of at least 4 members (excludes halogenated alkanes) is 1. The first-order chi connectivity index (χ1) is 23.3. The normalized spacial score (nSPS) is 33.8. The van der Waals surface area contributed by atoms with E-state index in [-0.39, 0.29) is 37.3 Å². The Morgan fingerprint density at radius 1 is 0.958 bits per heavy atom. The molecule has 0 radical (unpaired) electrons. The van der Waals surface area contributed by atoms with Gasteiger partial charge in [0.15, 0.2) is 0 Å². The lowest BCUT2D eigenvalue weighted by atomic mass is 9.74. The minimum atomic E-state index is -1.32. The molecule has 12 nitrogen and oxygen atoms in total. The van der Waals surface area contributed by atoms with Gasteiger partial charge in [0.1, 0.15) is 23.7 Å². The molecule has 1 spiro atoms. The van der Waals surface area contributed by atoms with E-state index in [1.165, 1.54) is 0 Å². The molecule has 0 unspecified atom stereocenters. The van der Waals surface area contributed by atoms with Gasteiger partial charge in [-0.15, -0.1) is 0 Å². The summed E-state index contributed by atoms with van der Waals surface area (Å²) in [6.45, 7) is 6.26. The van der Waals surface area contributed by atoms with E-state index in [0.717, 1.165) is 18.7 Å². The first kappa shape index (κ1) is 34.3. The summed E-state index contributed by atoms with van der Waals surface area (Å²) in [6.07, 6.45) is 7.63. The van der Waals surface area contributed by atoms with Gasteiger partial charge in [-0.2, -0.15) is 0 Å². The number of morpholine rings is 1. The highest BCUT2D eigenvalue weighted by molar-refractivity contribution is 5.99. The second-order valence-corrected chi connectivity index (χ2v) is 13.4. The van der Waals surface area contributed by atoms with Crippen LogP contribution in [0.4, 0.5) is 0 Å². The van der Waals surface area contributed by atoms with Gasteiger partial charge in [-0.25, -0.2) is 0 Å². The minimum Gasteiger partial charge on any atom is -0.455 e. The van der Waals surface area contributed by atoms with Crippen LogP contribution in [0.15, 0.2) is 54.6 Å². The van der Waals surface area contributed by atoms with E-state index in [1.54, 1.807) is 27.8 Å². The van der Waals surface area contributed by atoms with E-state index >= 15 is 0 Å². The largest absolute Gasteiger partial charge is 0.455 e. The Morgan fingerprint density at radius 2 is 1.73 bits per heavy atom. The zero-order valence-electron chi connectivity index (χ0n) is 27.9. The van der Waals surface area contributed by atoms with Gasteiger partial charge < -0.3 is 34.0 Å². The molecule has 3 fully saturated rings. The Balaban J connectivity index is 1.37. The Hall–Kier alpha value is -3.58. The molecule has 6 rings (SSSR count). The standard InChI is InChI=1S/C36H48N4O8/c1-25-31(26-11-5-3-6-12-26)47-35(45)29-27-14-15-36(48-27)30(29)33(43)40(17-9-10-22-41)32(36)34(44)39(19-18-38-20-23-46-24-21-38)16-8-4-7-13-28(42)37(25)2/h3-6,8,11-12,14-15,25,27,29-32,41H,7,9-10,13,16-24H2,1-2H3/b8-4-/t25-,27+,29-,30-,31+,32+,36-/m1/s1. The van der Waals surface area contributed by atoms with Gasteiger partial charge in [-0.1, -0.05) is 54.6 Å². The molecule has 48 heavy (non-hydrogen) atoms. The van der Waals surface area contributed by atoms with Crippen molar-refractivity contribution in [3.63, 3.8) is 0 Å². The van der Waals surface area contributed by atoms with Crippen molar-refractivity contribution in [1.29, 1.82) is 0 Å². The lowest BCUT2D eigenvalue weighted by Gasteiger charge is -2.37.